The van der Waals surface area contributed by atoms with Gasteiger partial charge in [-0.1, -0.05) is 32.6 Å². The van der Waals surface area contributed by atoms with E-state index in [0.29, 0.717) is 12.8 Å². The number of carbonyl (C=O) groups is 1. The minimum atomic E-state index is -7.89. The molecule has 0 aromatic rings. The minimum Gasteiger partial charge on any atom is -0.356 e. The van der Waals surface area contributed by atoms with E-state index >= 15 is 0 Å². The predicted octanol–water partition coefficient (Wildman–Crippen LogP) is 6.98. The van der Waals surface area contributed by atoms with Gasteiger partial charge in [0.1, 0.15) is 0 Å². The summed E-state index contributed by atoms with van der Waals surface area (Å²) in [6.45, 7) is 1.16. The summed E-state index contributed by atoms with van der Waals surface area (Å²) < 4.78 is 168. The molecule has 15 heteroatoms. The molecule has 0 aliphatic heterocycles. The Balaban J connectivity index is 5.09. The van der Waals surface area contributed by atoms with Crippen molar-refractivity contribution in [2.45, 2.75) is 94.1 Å². The van der Waals surface area contributed by atoms with Crippen LogP contribution in [0.3, 0.4) is 0 Å². The third-order valence-electron chi connectivity index (χ3n) is 4.50. The third-order valence-corrected chi connectivity index (χ3v) is 4.50. The first-order valence-electron chi connectivity index (χ1n) is 9.43. The first-order valence-corrected chi connectivity index (χ1v) is 9.43. The van der Waals surface area contributed by atoms with Gasteiger partial charge in [0.05, 0.1) is 0 Å². The second kappa shape index (κ2) is 10.7. The Bertz CT molecular complexity index is 602. The fourth-order valence-electron chi connectivity index (χ4n) is 2.47. The summed E-state index contributed by atoms with van der Waals surface area (Å²) in [4.78, 5) is 11.4. The second-order valence-electron chi connectivity index (χ2n) is 7.12. The van der Waals surface area contributed by atoms with E-state index in [9.17, 15) is 61.9 Å². The molecule has 0 heterocycles. The van der Waals surface area contributed by atoms with E-state index in [1.54, 1.807) is 0 Å². The highest BCUT2D eigenvalue weighted by Gasteiger charge is 2.90. The Labute approximate surface area is 174 Å². The fourth-order valence-corrected chi connectivity index (χ4v) is 2.47. The van der Waals surface area contributed by atoms with Crippen LogP contribution in [0.15, 0.2) is 0 Å². The number of halogens is 13. The zero-order chi connectivity index (χ0) is 25.6. The van der Waals surface area contributed by atoms with E-state index in [1.807, 2.05) is 12.2 Å². The van der Waals surface area contributed by atoms with Gasteiger partial charge in [0, 0.05) is 19.4 Å². The van der Waals surface area contributed by atoms with Gasteiger partial charge in [0.25, 0.3) is 0 Å². The first-order chi connectivity index (χ1) is 14.2. The summed E-state index contributed by atoms with van der Waals surface area (Å²) in [5.41, 5.74) is 0. The molecule has 0 atom stereocenters. The summed E-state index contributed by atoms with van der Waals surface area (Å²) >= 11 is 0. The first kappa shape index (κ1) is 30.6. The maximum atomic E-state index is 13.6. The lowest BCUT2D eigenvalue weighted by molar-refractivity contribution is -0.440. The Kier molecular flexibility index (Phi) is 10.2. The third kappa shape index (κ3) is 6.33. The van der Waals surface area contributed by atoms with Crippen molar-refractivity contribution < 1.29 is 61.9 Å². The molecule has 0 fully saturated rings. The molecular formula is C17H22F13NO. The van der Waals surface area contributed by atoms with Crippen LogP contribution in [0.2, 0.25) is 0 Å². The number of nitrogens with one attached hydrogen (secondary N) is 1. The molecule has 2 nitrogen and oxygen atoms in total. The minimum absolute atomic E-state index is 0.0624. The Morgan fingerprint density at radius 2 is 1.09 bits per heavy atom. The maximum Gasteiger partial charge on any atom is 0.460 e. The number of carbonyl (C=O) groups excluding carboxylic acids is 1. The van der Waals surface area contributed by atoms with E-state index in [0.717, 1.165) is 19.3 Å². The zero-order valence-corrected chi connectivity index (χ0v) is 16.7. The van der Waals surface area contributed by atoms with Gasteiger partial charge in [-0.15, -0.1) is 0 Å². The van der Waals surface area contributed by atoms with E-state index in [-0.39, 0.29) is 6.42 Å². The van der Waals surface area contributed by atoms with Gasteiger partial charge >= 0.3 is 35.8 Å². The van der Waals surface area contributed by atoms with Crippen molar-refractivity contribution in [3.05, 3.63) is 0 Å². The summed E-state index contributed by atoms with van der Waals surface area (Å²) in [6.07, 6.45) is -7.25. The molecule has 32 heavy (non-hydrogen) atoms. The predicted molar refractivity (Wildman–Crippen MR) is 86.4 cm³/mol. The summed E-state index contributed by atoms with van der Waals surface area (Å²) in [6, 6.07) is 0. The molecule has 0 saturated carbocycles. The molecule has 0 radical (unpaired) electrons. The normalized spacial score (nSPS) is 14.6. The van der Waals surface area contributed by atoms with Crippen molar-refractivity contribution in [2.24, 2.45) is 0 Å². The van der Waals surface area contributed by atoms with Crippen LogP contribution in [-0.2, 0) is 4.79 Å². The van der Waals surface area contributed by atoms with Crippen molar-refractivity contribution in [1.82, 2.24) is 5.32 Å². The van der Waals surface area contributed by atoms with Crippen LogP contribution >= 0.6 is 0 Å². The summed E-state index contributed by atoms with van der Waals surface area (Å²) in [7, 11) is 0. The number of hydrogen-bond acceptors (Lipinski definition) is 1. The number of rotatable bonds is 14. The number of unbranched alkanes of at least 4 members (excludes halogenated alkanes) is 4. The van der Waals surface area contributed by atoms with Gasteiger partial charge in [0.15, 0.2) is 0 Å². The fraction of sp³-hybridized carbons (Fsp3) is 0.941. The van der Waals surface area contributed by atoms with Gasteiger partial charge in [-0.3, -0.25) is 4.79 Å². The standard InChI is InChI=1S/C17H22F13NO/c1-2-3-4-5-6-8-11(32)31-10-7-9-12(18,19)13(20,21)14(22,23)15(24,25)16(26,27)17(28,29)30/h2-10H2,1H3,(H,31,32). The molecule has 0 rings (SSSR count). The van der Waals surface area contributed by atoms with Gasteiger partial charge in [0.2, 0.25) is 5.91 Å². The van der Waals surface area contributed by atoms with E-state index in [2.05, 4.69) is 0 Å². The molecule has 0 saturated heterocycles. The molecule has 192 valence electrons. The summed E-state index contributed by atoms with van der Waals surface area (Å²) in [5, 5.41) is 1.99. The van der Waals surface area contributed by atoms with E-state index in [1.165, 1.54) is 0 Å². The van der Waals surface area contributed by atoms with Crippen LogP contribution in [0.1, 0.15) is 58.3 Å². The topological polar surface area (TPSA) is 29.1 Å². The van der Waals surface area contributed by atoms with E-state index < -0.39 is 61.1 Å². The maximum absolute atomic E-state index is 13.6. The quantitative estimate of drug-likeness (QED) is 0.201. The Morgan fingerprint density at radius 1 is 0.625 bits per heavy atom. The van der Waals surface area contributed by atoms with Crippen LogP contribution in [0.4, 0.5) is 57.1 Å². The van der Waals surface area contributed by atoms with Crippen molar-refractivity contribution in [3.63, 3.8) is 0 Å². The molecule has 0 aromatic heterocycles. The van der Waals surface area contributed by atoms with Gasteiger partial charge in [-0.05, 0) is 12.8 Å². The van der Waals surface area contributed by atoms with Crippen LogP contribution in [0.5, 0.6) is 0 Å². The molecule has 0 spiro atoms. The number of hydrogen-bond donors (Lipinski definition) is 1. The van der Waals surface area contributed by atoms with E-state index in [4.69, 9.17) is 0 Å². The van der Waals surface area contributed by atoms with Gasteiger partial charge in [-0.2, -0.15) is 57.1 Å². The molecule has 0 bridgehead atoms. The molecule has 0 aliphatic carbocycles. The zero-order valence-electron chi connectivity index (χ0n) is 16.7. The molecule has 0 aromatic carbocycles. The lowest BCUT2D eigenvalue weighted by Gasteiger charge is -2.39. The Morgan fingerprint density at radius 3 is 1.56 bits per heavy atom. The highest BCUT2D eigenvalue weighted by molar-refractivity contribution is 5.75. The van der Waals surface area contributed by atoms with Crippen LogP contribution in [0, 0.1) is 0 Å². The van der Waals surface area contributed by atoms with Crippen molar-refractivity contribution in [3.8, 4) is 0 Å². The lowest BCUT2D eigenvalue weighted by atomic mass is 9.92. The molecule has 1 amide bonds. The molecule has 0 unspecified atom stereocenters. The SMILES string of the molecule is CCCCCCCC(=O)NCCCC(F)(F)C(F)(F)C(F)(F)C(F)(F)C(F)(F)C(F)(F)F. The molecular weight excluding hydrogens is 481 g/mol. The Hall–Kier alpha value is -1.44. The van der Waals surface area contributed by atoms with Crippen LogP contribution < -0.4 is 5.32 Å². The number of amides is 1. The molecule has 0 aliphatic rings. The van der Waals surface area contributed by atoms with Crippen LogP contribution in [-0.4, -0.2) is 48.2 Å². The number of alkyl halides is 13. The smallest absolute Gasteiger partial charge is 0.356 e. The van der Waals surface area contributed by atoms with Crippen molar-refractivity contribution in [2.75, 3.05) is 6.54 Å². The van der Waals surface area contributed by atoms with Gasteiger partial charge < -0.3 is 5.32 Å². The van der Waals surface area contributed by atoms with Crippen molar-refractivity contribution >= 4 is 5.91 Å². The van der Waals surface area contributed by atoms with Crippen LogP contribution in [0.25, 0.3) is 0 Å². The molecule has 1 N–H and O–H groups in total. The highest BCUT2D eigenvalue weighted by atomic mass is 19.4. The monoisotopic (exact) mass is 503 g/mol. The average Bonchev–Trinajstić information content (AvgIpc) is 2.63. The largest absolute Gasteiger partial charge is 0.460 e. The van der Waals surface area contributed by atoms with Gasteiger partial charge in [-0.25, -0.2) is 0 Å². The lowest BCUT2D eigenvalue weighted by Crippen LogP contribution is -2.70. The highest BCUT2D eigenvalue weighted by Crippen LogP contribution is 2.60. The summed E-state index contributed by atoms with van der Waals surface area (Å²) in [5.74, 6) is -37.5. The average molecular weight is 503 g/mol. The second-order valence-corrected chi connectivity index (χ2v) is 7.12. The van der Waals surface area contributed by atoms with Crippen molar-refractivity contribution in [1.29, 1.82) is 0 Å².